The van der Waals surface area contributed by atoms with E-state index in [1.54, 1.807) is 0 Å². The summed E-state index contributed by atoms with van der Waals surface area (Å²) in [7, 11) is 0. The number of rotatable bonds is 2. The van der Waals surface area contributed by atoms with Crippen LogP contribution in [0.15, 0.2) is 24.3 Å². The first-order valence-corrected chi connectivity index (χ1v) is 4.27. The molecule has 0 aliphatic rings. The Balaban J connectivity index is 2.81. The van der Waals surface area contributed by atoms with Gasteiger partial charge < -0.3 is 5.73 Å². The molecule has 0 fully saturated rings. The Hall–Kier alpha value is -0.180. The van der Waals surface area contributed by atoms with E-state index in [0.717, 1.165) is 10.6 Å². The lowest BCUT2D eigenvalue weighted by atomic mass is 10.1. The number of hydrogen-bond donors (Lipinski definition) is 2. The quantitative estimate of drug-likeness (QED) is 0.683. The minimum absolute atomic E-state index is 0.118. The average molecular weight is 188 g/mol. The lowest BCUT2D eigenvalue weighted by Gasteiger charge is -2.06. The van der Waals surface area contributed by atoms with Crippen molar-refractivity contribution in [3.05, 3.63) is 34.9 Å². The zero-order valence-electron chi connectivity index (χ0n) is 6.00. The Morgan fingerprint density at radius 2 is 1.91 bits per heavy atom. The molecule has 0 amide bonds. The summed E-state index contributed by atoms with van der Waals surface area (Å²) in [6, 6.07) is 7.56. The number of halogens is 1. The van der Waals surface area contributed by atoms with Crippen LogP contribution in [-0.4, -0.2) is 6.54 Å². The van der Waals surface area contributed by atoms with Crippen LogP contribution in [0.3, 0.4) is 0 Å². The Labute approximate surface area is 77.0 Å². The Morgan fingerprint density at radius 1 is 1.36 bits per heavy atom. The van der Waals surface area contributed by atoms with Crippen molar-refractivity contribution >= 4 is 24.2 Å². The largest absolute Gasteiger partial charge is 0.329 e. The molecule has 0 aliphatic carbocycles. The van der Waals surface area contributed by atoms with Crippen molar-refractivity contribution in [2.45, 2.75) is 5.25 Å². The molecule has 1 nitrogen and oxygen atoms in total. The molecule has 1 unspecified atom stereocenters. The predicted molar refractivity (Wildman–Crippen MR) is 52.2 cm³/mol. The highest BCUT2D eigenvalue weighted by Gasteiger charge is 2.01. The minimum atomic E-state index is 0.118. The van der Waals surface area contributed by atoms with Crippen LogP contribution in [0, 0.1) is 0 Å². The van der Waals surface area contributed by atoms with Gasteiger partial charge in [-0.2, -0.15) is 12.6 Å². The fourth-order valence-electron chi connectivity index (χ4n) is 0.821. The van der Waals surface area contributed by atoms with E-state index in [-0.39, 0.29) is 5.25 Å². The fourth-order valence-corrected chi connectivity index (χ4v) is 1.12. The summed E-state index contributed by atoms with van der Waals surface area (Å²) >= 11 is 9.99. The number of benzene rings is 1. The number of thiol groups is 1. The molecule has 1 aromatic carbocycles. The lowest BCUT2D eigenvalue weighted by molar-refractivity contribution is 0.949. The first-order chi connectivity index (χ1) is 5.24. The molecule has 1 aromatic rings. The highest BCUT2D eigenvalue weighted by Crippen LogP contribution is 2.19. The van der Waals surface area contributed by atoms with E-state index in [1.165, 1.54) is 0 Å². The normalized spacial score (nSPS) is 13.0. The molecule has 0 saturated heterocycles. The van der Waals surface area contributed by atoms with Crippen LogP contribution in [-0.2, 0) is 0 Å². The van der Waals surface area contributed by atoms with Gasteiger partial charge >= 0.3 is 0 Å². The first-order valence-electron chi connectivity index (χ1n) is 3.37. The van der Waals surface area contributed by atoms with Gasteiger partial charge in [-0.1, -0.05) is 23.7 Å². The summed E-state index contributed by atoms with van der Waals surface area (Å²) in [5, 5.41) is 0.860. The smallest absolute Gasteiger partial charge is 0.0406 e. The van der Waals surface area contributed by atoms with E-state index >= 15 is 0 Å². The third-order valence-corrected chi connectivity index (χ3v) is 2.24. The molecule has 2 N–H and O–H groups in total. The van der Waals surface area contributed by atoms with E-state index in [1.807, 2.05) is 24.3 Å². The van der Waals surface area contributed by atoms with Crippen molar-refractivity contribution < 1.29 is 0 Å². The van der Waals surface area contributed by atoms with E-state index in [9.17, 15) is 0 Å². The zero-order valence-corrected chi connectivity index (χ0v) is 7.65. The SMILES string of the molecule is NCC(S)c1ccc(Cl)cc1. The van der Waals surface area contributed by atoms with E-state index in [4.69, 9.17) is 17.3 Å². The van der Waals surface area contributed by atoms with Crippen LogP contribution >= 0.6 is 24.2 Å². The standard InChI is InChI=1S/C8H10ClNS/c9-7-3-1-6(2-4-7)8(11)5-10/h1-4,8,11H,5,10H2. The van der Waals surface area contributed by atoms with Crippen molar-refractivity contribution in [2.75, 3.05) is 6.54 Å². The second-order valence-electron chi connectivity index (χ2n) is 2.30. The third kappa shape index (κ3) is 2.40. The maximum atomic E-state index is 5.70. The van der Waals surface area contributed by atoms with Crippen LogP contribution in [0.1, 0.15) is 10.8 Å². The highest BCUT2D eigenvalue weighted by molar-refractivity contribution is 7.80. The molecule has 0 radical (unpaired) electrons. The maximum absolute atomic E-state index is 5.70. The molecular weight excluding hydrogens is 178 g/mol. The molecule has 11 heavy (non-hydrogen) atoms. The molecule has 0 aliphatic heterocycles. The molecule has 0 heterocycles. The van der Waals surface area contributed by atoms with Gasteiger partial charge in [0.2, 0.25) is 0 Å². The molecule has 1 atom stereocenters. The van der Waals surface area contributed by atoms with Crippen LogP contribution in [0.25, 0.3) is 0 Å². The average Bonchev–Trinajstić information content (AvgIpc) is 2.05. The van der Waals surface area contributed by atoms with Crippen LogP contribution in [0.2, 0.25) is 5.02 Å². The van der Waals surface area contributed by atoms with Gasteiger partial charge in [0.15, 0.2) is 0 Å². The molecule has 0 aromatic heterocycles. The number of nitrogens with two attached hydrogens (primary N) is 1. The van der Waals surface area contributed by atoms with Gasteiger partial charge in [0, 0.05) is 16.8 Å². The Kier molecular flexibility index (Phi) is 3.24. The first kappa shape index (κ1) is 8.91. The predicted octanol–water partition coefficient (Wildman–Crippen LogP) is 2.27. The Bertz CT molecular complexity index is 222. The summed E-state index contributed by atoms with van der Waals surface area (Å²) < 4.78 is 0. The van der Waals surface area contributed by atoms with Crippen molar-refractivity contribution in [1.82, 2.24) is 0 Å². The maximum Gasteiger partial charge on any atom is 0.0406 e. The highest BCUT2D eigenvalue weighted by atomic mass is 35.5. The van der Waals surface area contributed by atoms with Crippen molar-refractivity contribution in [1.29, 1.82) is 0 Å². The molecule has 1 rings (SSSR count). The monoisotopic (exact) mass is 187 g/mol. The van der Waals surface area contributed by atoms with Crippen molar-refractivity contribution in [3.63, 3.8) is 0 Å². The summed E-state index contributed by atoms with van der Waals surface area (Å²) in [5.41, 5.74) is 6.54. The van der Waals surface area contributed by atoms with Crippen molar-refractivity contribution in [2.24, 2.45) is 5.73 Å². The van der Waals surface area contributed by atoms with E-state index < -0.39 is 0 Å². The number of hydrogen-bond acceptors (Lipinski definition) is 2. The fraction of sp³-hybridized carbons (Fsp3) is 0.250. The molecular formula is C8H10ClNS. The topological polar surface area (TPSA) is 26.0 Å². The van der Waals surface area contributed by atoms with Gasteiger partial charge in [0.05, 0.1) is 0 Å². The summed E-state index contributed by atoms with van der Waals surface area (Å²) in [6.07, 6.45) is 0. The third-order valence-electron chi connectivity index (χ3n) is 1.48. The van der Waals surface area contributed by atoms with Crippen molar-refractivity contribution in [3.8, 4) is 0 Å². The van der Waals surface area contributed by atoms with E-state index in [0.29, 0.717) is 6.54 Å². The van der Waals surface area contributed by atoms with Crippen LogP contribution < -0.4 is 5.73 Å². The molecule has 3 heteroatoms. The summed E-state index contributed by atoms with van der Waals surface area (Å²) in [5.74, 6) is 0. The minimum Gasteiger partial charge on any atom is -0.329 e. The lowest BCUT2D eigenvalue weighted by Crippen LogP contribution is -2.06. The van der Waals surface area contributed by atoms with E-state index in [2.05, 4.69) is 12.6 Å². The molecule has 60 valence electrons. The Morgan fingerprint density at radius 3 is 2.36 bits per heavy atom. The van der Waals surface area contributed by atoms with Gasteiger partial charge in [0.25, 0.3) is 0 Å². The summed E-state index contributed by atoms with van der Waals surface area (Å²) in [4.78, 5) is 0. The van der Waals surface area contributed by atoms with Gasteiger partial charge in [-0.3, -0.25) is 0 Å². The van der Waals surface area contributed by atoms with Gasteiger partial charge in [-0.25, -0.2) is 0 Å². The second kappa shape index (κ2) is 4.00. The second-order valence-corrected chi connectivity index (χ2v) is 3.36. The van der Waals surface area contributed by atoms with Gasteiger partial charge in [-0.05, 0) is 17.7 Å². The zero-order chi connectivity index (χ0) is 8.27. The summed E-state index contributed by atoms with van der Waals surface area (Å²) in [6.45, 7) is 0.546. The molecule has 0 spiro atoms. The molecule has 0 bridgehead atoms. The van der Waals surface area contributed by atoms with Gasteiger partial charge in [0.1, 0.15) is 0 Å². The van der Waals surface area contributed by atoms with Crippen LogP contribution in [0.4, 0.5) is 0 Å². The van der Waals surface area contributed by atoms with Gasteiger partial charge in [-0.15, -0.1) is 0 Å². The van der Waals surface area contributed by atoms with Crippen LogP contribution in [0.5, 0.6) is 0 Å². The molecule has 0 saturated carbocycles.